The molecule has 2 aromatic rings. The van der Waals surface area contributed by atoms with E-state index in [1.165, 1.54) is 0 Å². The number of nitrogens with one attached hydrogen (secondary N) is 1. The lowest BCUT2D eigenvalue weighted by atomic mass is 9.91. The first-order valence-corrected chi connectivity index (χ1v) is 7.29. The van der Waals surface area contributed by atoms with Crippen molar-refractivity contribution in [2.45, 2.75) is 40.0 Å². The maximum atomic E-state index is 4.69. The van der Waals surface area contributed by atoms with Gasteiger partial charge in [0.05, 0.1) is 0 Å². The molecule has 0 unspecified atom stereocenters. The Bertz CT molecular complexity index is 569. The summed E-state index contributed by atoms with van der Waals surface area (Å²) in [7, 11) is 0. The van der Waals surface area contributed by atoms with Gasteiger partial charge in [-0.05, 0) is 26.0 Å². The van der Waals surface area contributed by atoms with E-state index in [1.807, 2.05) is 13.8 Å². The monoisotopic (exact) mass is 276 g/mol. The molecule has 0 radical (unpaired) electrons. The summed E-state index contributed by atoms with van der Waals surface area (Å²) in [6.07, 6.45) is 0. The molecule has 5 heteroatoms. The Labute approximate surface area is 118 Å². The molecule has 0 spiro atoms. The highest BCUT2D eigenvalue weighted by Crippen LogP contribution is 2.30. The fourth-order valence-corrected chi connectivity index (χ4v) is 2.65. The van der Waals surface area contributed by atoms with Gasteiger partial charge in [-0.15, -0.1) is 10.2 Å². The Morgan fingerprint density at radius 2 is 1.95 bits per heavy atom. The number of aryl methyl sites for hydroxylation is 1. The van der Waals surface area contributed by atoms with Crippen molar-refractivity contribution in [3.63, 3.8) is 0 Å². The van der Waals surface area contributed by atoms with Crippen LogP contribution < -0.4 is 5.32 Å². The average molecular weight is 276 g/mol. The maximum absolute atomic E-state index is 4.69. The second-order valence-corrected chi connectivity index (χ2v) is 6.50. The summed E-state index contributed by atoms with van der Waals surface area (Å²) in [5.41, 5.74) is 3.24. The van der Waals surface area contributed by atoms with Crippen LogP contribution in [0.1, 0.15) is 39.1 Å². The predicted octanol–water partition coefficient (Wildman–Crippen LogP) is 3.64. The zero-order valence-corrected chi connectivity index (χ0v) is 12.9. The number of nitrogens with zero attached hydrogens (tertiary/aromatic N) is 3. The molecule has 0 aliphatic rings. The Kier molecular flexibility index (Phi) is 3.85. The van der Waals surface area contributed by atoms with Crippen molar-refractivity contribution in [3.8, 4) is 10.6 Å². The first-order chi connectivity index (χ1) is 8.91. The molecule has 4 nitrogen and oxygen atoms in total. The van der Waals surface area contributed by atoms with Crippen molar-refractivity contribution in [3.05, 3.63) is 23.5 Å². The smallest absolute Gasteiger partial charge is 0.205 e. The molecule has 102 valence electrons. The summed E-state index contributed by atoms with van der Waals surface area (Å²) in [5, 5.41) is 13.3. The van der Waals surface area contributed by atoms with Gasteiger partial charge in [0, 0.05) is 28.9 Å². The minimum absolute atomic E-state index is 0.0688. The second kappa shape index (κ2) is 5.25. The second-order valence-electron chi connectivity index (χ2n) is 5.52. The van der Waals surface area contributed by atoms with Crippen LogP contribution in [0.5, 0.6) is 0 Å². The Morgan fingerprint density at radius 3 is 2.53 bits per heavy atom. The zero-order valence-electron chi connectivity index (χ0n) is 12.1. The van der Waals surface area contributed by atoms with Crippen molar-refractivity contribution in [1.29, 1.82) is 0 Å². The predicted molar refractivity (Wildman–Crippen MR) is 80.7 cm³/mol. The highest BCUT2D eigenvalue weighted by Gasteiger charge is 2.17. The number of rotatable bonds is 3. The molecular weight excluding hydrogens is 256 g/mol. The number of hydrogen-bond acceptors (Lipinski definition) is 5. The van der Waals surface area contributed by atoms with Crippen LogP contribution in [0.2, 0.25) is 0 Å². The fraction of sp³-hybridized carbons (Fsp3) is 0.500. The molecule has 0 fully saturated rings. The molecule has 0 saturated heterocycles. The van der Waals surface area contributed by atoms with E-state index in [4.69, 9.17) is 4.98 Å². The maximum Gasteiger partial charge on any atom is 0.205 e. The Hall–Kier alpha value is -1.49. The normalized spacial score (nSPS) is 11.6. The molecule has 0 amide bonds. The topological polar surface area (TPSA) is 50.7 Å². The third-order valence-electron chi connectivity index (χ3n) is 2.84. The first kappa shape index (κ1) is 13.9. The summed E-state index contributed by atoms with van der Waals surface area (Å²) in [6, 6.07) is 4.18. The largest absolute Gasteiger partial charge is 0.360 e. The molecule has 2 rings (SSSR count). The lowest BCUT2D eigenvalue weighted by Gasteiger charge is -2.18. The van der Waals surface area contributed by atoms with Crippen molar-refractivity contribution >= 4 is 16.5 Å². The van der Waals surface area contributed by atoms with Gasteiger partial charge in [-0.25, -0.2) is 0 Å². The summed E-state index contributed by atoms with van der Waals surface area (Å²) >= 11 is 1.56. The van der Waals surface area contributed by atoms with Crippen molar-refractivity contribution < 1.29 is 0 Å². The van der Waals surface area contributed by atoms with E-state index in [9.17, 15) is 0 Å². The lowest BCUT2D eigenvalue weighted by molar-refractivity contribution is 0.567. The van der Waals surface area contributed by atoms with Gasteiger partial charge in [0.1, 0.15) is 0 Å². The Morgan fingerprint density at radius 1 is 1.21 bits per heavy atom. The third-order valence-corrected chi connectivity index (χ3v) is 3.75. The SMILES string of the molecule is CCNc1nnc(-c2ccc(C(C)(C)C)nc2C)s1. The summed E-state index contributed by atoms with van der Waals surface area (Å²) in [5.74, 6) is 0. The van der Waals surface area contributed by atoms with Crippen LogP contribution in [0.15, 0.2) is 12.1 Å². The van der Waals surface area contributed by atoms with Gasteiger partial charge in [-0.2, -0.15) is 0 Å². The van der Waals surface area contributed by atoms with E-state index >= 15 is 0 Å². The molecule has 0 atom stereocenters. The van der Waals surface area contributed by atoms with Gasteiger partial charge in [-0.3, -0.25) is 4.98 Å². The Balaban J connectivity index is 2.35. The van der Waals surface area contributed by atoms with Crippen LogP contribution in [0, 0.1) is 6.92 Å². The number of aromatic nitrogens is 3. The molecule has 19 heavy (non-hydrogen) atoms. The zero-order chi connectivity index (χ0) is 14.0. The molecule has 2 aromatic heterocycles. The molecular formula is C14H20N4S. The van der Waals surface area contributed by atoms with Gasteiger partial charge >= 0.3 is 0 Å². The van der Waals surface area contributed by atoms with Crippen LogP contribution >= 0.6 is 11.3 Å². The number of anilines is 1. The minimum atomic E-state index is 0.0688. The number of hydrogen-bond donors (Lipinski definition) is 1. The average Bonchev–Trinajstić information content (AvgIpc) is 2.76. The molecule has 0 saturated carbocycles. The van der Waals surface area contributed by atoms with Crippen LogP contribution in [-0.4, -0.2) is 21.7 Å². The lowest BCUT2D eigenvalue weighted by Crippen LogP contribution is -2.14. The van der Waals surface area contributed by atoms with Gasteiger partial charge < -0.3 is 5.32 Å². The van der Waals surface area contributed by atoms with Crippen LogP contribution in [-0.2, 0) is 5.41 Å². The molecule has 0 aliphatic carbocycles. The molecule has 1 N–H and O–H groups in total. The molecule has 0 aliphatic heterocycles. The van der Waals surface area contributed by atoms with Crippen molar-refractivity contribution in [2.75, 3.05) is 11.9 Å². The van der Waals surface area contributed by atoms with Gasteiger partial charge in [-0.1, -0.05) is 32.1 Å². The summed E-state index contributed by atoms with van der Waals surface area (Å²) < 4.78 is 0. The van der Waals surface area contributed by atoms with Crippen LogP contribution in [0.4, 0.5) is 5.13 Å². The van der Waals surface area contributed by atoms with Crippen molar-refractivity contribution in [2.24, 2.45) is 0 Å². The van der Waals surface area contributed by atoms with Crippen molar-refractivity contribution in [1.82, 2.24) is 15.2 Å². The van der Waals surface area contributed by atoms with Crippen LogP contribution in [0.3, 0.4) is 0 Å². The first-order valence-electron chi connectivity index (χ1n) is 6.47. The van der Waals surface area contributed by atoms with Crippen LogP contribution in [0.25, 0.3) is 10.6 Å². The number of pyridine rings is 1. The summed E-state index contributed by atoms with van der Waals surface area (Å²) in [4.78, 5) is 4.69. The van der Waals surface area contributed by atoms with Gasteiger partial charge in [0.15, 0.2) is 5.01 Å². The highest BCUT2D eigenvalue weighted by atomic mass is 32.1. The molecule has 0 aromatic carbocycles. The molecule has 0 bridgehead atoms. The third kappa shape index (κ3) is 3.10. The van der Waals surface area contributed by atoms with E-state index in [2.05, 4.69) is 48.4 Å². The fourth-order valence-electron chi connectivity index (χ4n) is 1.76. The standard InChI is InChI=1S/C14H20N4S/c1-6-15-13-18-17-12(19-13)10-7-8-11(14(3,4)5)16-9(10)2/h7-8H,6H2,1-5H3,(H,15,18). The van der Waals surface area contributed by atoms with Gasteiger partial charge in [0.25, 0.3) is 0 Å². The minimum Gasteiger partial charge on any atom is -0.360 e. The molecule has 2 heterocycles. The van der Waals surface area contributed by atoms with E-state index in [0.29, 0.717) is 0 Å². The van der Waals surface area contributed by atoms with E-state index in [1.54, 1.807) is 11.3 Å². The van der Waals surface area contributed by atoms with E-state index in [-0.39, 0.29) is 5.41 Å². The highest BCUT2D eigenvalue weighted by molar-refractivity contribution is 7.18. The summed E-state index contributed by atoms with van der Waals surface area (Å²) in [6.45, 7) is 11.4. The van der Waals surface area contributed by atoms with E-state index in [0.717, 1.165) is 33.6 Å². The van der Waals surface area contributed by atoms with Gasteiger partial charge in [0.2, 0.25) is 5.13 Å². The van der Waals surface area contributed by atoms with E-state index < -0.39 is 0 Å². The quantitative estimate of drug-likeness (QED) is 0.930.